The summed E-state index contributed by atoms with van der Waals surface area (Å²) < 4.78 is 17.2. The van der Waals surface area contributed by atoms with Gasteiger partial charge in [-0.05, 0) is 61.4 Å². The Bertz CT molecular complexity index is 892. The van der Waals surface area contributed by atoms with Crippen LogP contribution in [0.2, 0.25) is 5.02 Å². The lowest BCUT2D eigenvalue weighted by Crippen LogP contribution is -2.12. The number of aryl methyl sites for hydroxylation is 2. The Balaban J connectivity index is 1.39. The molecule has 0 saturated carbocycles. The van der Waals surface area contributed by atoms with Crippen LogP contribution in [-0.2, 0) is 0 Å². The van der Waals surface area contributed by atoms with Gasteiger partial charge in [0.2, 0.25) is 0 Å². The molecule has 3 aromatic rings. The first-order valence-corrected chi connectivity index (χ1v) is 10.0. The minimum absolute atomic E-state index is 0.483. The molecule has 0 heterocycles. The van der Waals surface area contributed by atoms with Gasteiger partial charge in [-0.1, -0.05) is 35.9 Å². The molecule has 152 valence electrons. The second-order valence-corrected chi connectivity index (χ2v) is 7.06. The molecule has 0 atom stereocenters. The van der Waals surface area contributed by atoms with Gasteiger partial charge in [0.25, 0.3) is 0 Å². The Morgan fingerprint density at radius 2 is 1.31 bits per heavy atom. The van der Waals surface area contributed by atoms with Gasteiger partial charge >= 0.3 is 0 Å². The zero-order chi connectivity index (χ0) is 20.5. The van der Waals surface area contributed by atoms with Gasteiger partial charge in [0, 0.05) is 23.3 Å². The molecule has 0 fully saturated rings. The first kappa shape index (κ1) is 20.9. The third kappa shape index (κ3) is 6.61. The predicted octanol–water partition coefficient (Wildman–Crippen LogP) is 5.91. The molecule has 0 aliphatic carbocycles. The summed E-state index contributed by atoms with van der Waals surface area (Å²) in [6.07, 6.45) is 0. The van der Waals surface area contributed by atoms with E-state index in [9.17, 15) is 0 Å². The zero-order valence-electron chi connectivity index (χ0n) is 16.8. The van der Waals surface area contributed by atoms with Crippen molar-refractivity contribution in [3.63, 3.8) is 0 Å². The molecule has 3 rings (SSSR count). The number of para-hydroxylation sites is 1. The van der Waals surface area contributed by atoms with E-state index in [1.807, 2.05) is 80.6 Å². The lowest BCUT2D eigenvalue weighted by atomic mass is 10.1. The van der Waals surface area contributed by atoms with Gasteiger partial charge in [-0.2, -0.15) is 0 Å². The third-order valence-electron chi connectivity index (χ3n) is 4.31. The fraction of sp³-hybridized carbons (Fsp3) is 0.250. The molecule has 0 unspecified atom stereocenters. The minimum Gasteiger partial charge on any atom is -0.492 e. The normalized spacial score (nSPS) is 10.4. The number of benzene rings is 3. The Kier molecular flexibility index (Phi) is 7.65. The maximum Gasteiger partial charge on any atom is 0.122 e. The van der Waals surface area contributed by atoms with Gasteiger partial charge in [-0.25, -0.2) is 0 Å². The van der Waals surface area contributed by atoms with E-state index in [0.717, 1.165) is 39.1 Å². The highest BCUT2D eigenvalue weighted by atomic mass is 35.5. The number of hydrogen-bond donors (Lipinski definition) is 1. The van der Waals surface area contributed by atoms with Crippen LogP contribution in [0.4, 0.5) is 5.69 Å². The van der Waals surface area contributed by atoms with Crippen LogP contribution in [0.5, 0.6) is 17.2 Å². The van der Waals surface area contributed by atoms with E-state index in [1.54, 1.807) is 0 Å². The fourth-order valence-corrected chi connectivity index (χ4v) is 2.99. The van der Waals surface area contributed by atoms with Crippen molar-refractivity contribution in [2.24, 2.45) is 0 Å². The molecule has 0 aliphatic heterocycles. The van der Waals surface area contributed by atoms with Crippen molar-refractivity contribution >= 4 is 17.3 Å². The van der Waals surface area contributed by atoms with E-state index in [2.05, 4.69) is 5.32 Å². The lowest BCUT2D eigenvalue weighted by Gasteiger charge is -2.12. The maximum absolute atomic E-state index is 6.19. The van der Waals surface area contributed by atoms with Gasteiger partial charge in [-0.15, -0.1) is 0 Å². The van der Waals surface area contributed by atoms with E-state index < -0.39 is 0 Å². The first-order chi connectivity index (χ1) is 14.1. The summed E-state index contributed by atoms with van der Waals surface area (Å²) in [4.78, 5) is 0. The molecule has 0 saturated heterocycles. The monoisotopic (exact) mass is 411 g/mol. The van der Waals surface area contributed by atoms with E-state index in [1.165, 1.54) is 0 Å². The van der Waals surface area contributed by atoms with E-state index in [0.29, 0.717) is 26.4 Å². The second kappa shape index (κ2) is 10.6. The molecule has 0 aromatic heterocycles. The number of rotatable bonds is 10. The quantitative estimate of drug-likeness (QED) is 0.421. The van der Waals surface area contributed by atoms with Crippen molar-refractivity contribution in [2.45, 2.75) is 13.8 Å². The molecular formula is C24H26ClNO3. The highest BCUT2D eigenvalue weighted by Gasteiger charge is 2.04. The Hall–Kier alpha value is -2.85. The molecule has 0 bridgehead atoms. The SMILES string of the molecule is Cc1cc(OCCNc2cccc(OCCOc3ccccc3)c2)cc(C)c1Cl. The maximum atomic E-state index is 6.19. The Morgan fingerprint density at radius 1 is 0.690 bits per heavy atom. The van der Waals surface area contributed by atoms with Crippen molar-refractivity contribution in [1.82, 2.24) is 0 Å². The van der Waals surface area contributed by atoms with Crippen molar-refractivity contribution in [3.8, 4) is 17.2 Å². The third-order valence-corrected chi connectivity index (χ3v) is 4.90. The van der Waals surface area contributed by atoms with Gasteiger partial charge in [-0.3, -0.25) is 0 Å². The number of anilines is 1. The summed E-state index contributed by atoms with van der Waals surface area (Å²) in [5.74, 6) is 2.48. The van der Waals surface area contributed by atoms with Crippen LogP contribution in [0.15, 0.2) is 66.7 Å². The topological polar surface area (TPSA) is 39.7 Å². The average Bonchev–Trinajstić information content (AvgIpc) is 2.73. The van der Waals surface area contributed by atoms with Crippen LogP contribution in [-0.4, -0.2) is 26.4 Å². The summed E-state index contributed by atoms with van der Waals surface area (Å²) >= 11 is 6.19. The molecule has 5 heteroatoms. The lowest BCUT2D eigenvalue weighted by molar-refractivity contribution is 0.217. The van der Waals surface area contributed by atoms with Crippen molar-refractivity contribution in [2.75, 3.05) is 31.7 Å². The average molecular weight is 412 g/mol. The van der Waals surface area contributed by atoms with Crippen LogP contribution < -0.4 is 19.5 Å². The smallest absolute Gasteiger partial charge is 0.122 e. The van der Waals surface area contributed by atoms with Crippen molar-refractivity contribution in [1.29, 1.82) is 0 Å². The largest absolute Gasteiger partial charge is 0.492 e. The molecule has 0 spiro atoms. The Morgan fingerprint density at radius 3 is 2.03 bits per heavy atom. The number of nitrogens with one attached hydrogen (secondary N) is 1. The first-order valence-electron chi connectivity index (χ1n) is 9.66. The van der Waals surface area contributed by atoms with Crippen LogP contribution in [0.3, 0.4) is 0 Å². The summed E-state index contributed by atoms with van der Waals surface area (Å²) in [5, 5.41) is 4.14. The summed E-state index contributed by atoms with van der Waals surface area (Å²) in [7, 11) is 0. The molecule has 29 heavy (non-hydrogen) atoms. The molecule has 0 aliphatic rings. The van der Waals surface area contributed by atoms with Crippen LogP contribution in [0.25, 0.3) is 0 Å². The summed E-state index contributed by atoms with van der Waals surface area (Å²) in [6, 6.07) is 21.5. The van der Waals surface area contributed by atoms with Crippen LogP contribution in [0, 0.1) is 13.8 Å². The summed E-state index contributed by atoms with van der Waals surface area (Å²) in [5.41, 5.74) is 3.03. The van der Waals surface area contributed by atoms with Gasteiger partial charge < -0.3 is 19.5 Å². The molecular weight excluding hydrogens is 386 g/mol. The van der Waals surface area contributed by atoms with Gasteiger partial charge in [0.05, 0.1) is 0 Å². The molecule has 0 radical (unpaired) electrons. The fourth-order valence-electron chi connectivity index (χ4n) is 2.89. The van der Waals surface area contributed by atoms with Crippen LogP contribution in [0.1, 0.15) is 11.1 Å². The highest BCUT2D eigenvalue weighted by molar-refractivity contribution is 6.32. The molecule has 0 amide bonds. The molecule has 1 N–H and O–H groups in total. The van der Waals surface area contributed by atoms with E-state index in [-0.39, 0.29) is 0 Å². The predicted molar refractivity (Wildman–Crippen MR) is 119 cm³/mol. The highest BCUT2D eigenvalue weighted by Crippen LogP contribution is 2.25. The van der Waals surface area contributed by atoms with E-state index in [4.69, 9.17) is 25.8 Å². The van der Waals surface area contributed by atoms with Crippen molar-refractivity contribution in [3.05, 3.63) is 82.9 Å². The molecule has 3 aromatic carbocycles. The number of halogens is 1. The summed E-state index contributed by atoms with van der Waals surface area (Å²) in [6.45, 7) is 6.18. The number of hydrogen-bond acceptors (Lipinski definition) is 4. The van der Waals surface area contributed by atoms with Crippen molar-refractivity contribution < 1.29 is 14.2 Å². The standard InChI is InChI=1S/C24H26ClNO3/c1-18-15-23(16-19(2)24(18)25)27-12-11-26-20-7-6-10-22(17-20)29-14-13-28-21-8-4-3-5-9-21/h3-10,15-17,26H,11-14H2,1-2H3. The Labute approximate surface area is 177 Å². The van der Waals surface area contributed by atoms with Gasteiger partial charge in [0.15, 0.2) is 0 Å². The zero-order valence-corrected chi connectivity index (χ0v) is 17.5. The second-order valence-electron chi connectivity index (χ2n) is 6.68. The molecule has 4 nitrogen and oxygen atoms in total. The van der Waals surface area contributed by atoms with Gasteiger partial charge in [0.1, 0.15) is 37.1 Å². The van der Waals surface area contributed by atoms with E-state index >= 15 is 0 Å². The van der Waals surface area contributed by atoms with Crippen LogP contribution >= 0.6 is 11.6 Å². The minimum atomic E-state index is 0.483. The number of ether oxygens (including phenoxy) is 3.